The number of hydrogen-bond acceptors (Lipinski definition) is 4. The van der Waals surface area contributed by atoms with Crippen LogP contribution >= 0.6 is 0 Å². The molecule has 0 unspecified atom stereocenters. The first-order valence-corrected chi connectivity index (χ1v) is 4.07. The van der Waals surface area contributed by atoms with Gasteiger partial charge in [0.2, 0.25) is 5.88 Å². The fourth-order valence-electron chi connectivity index (χ4n) is 1.43. The lowest BCUT2D eigenvalue weighted by atomic mass is 10.2. The van der Waals surface area contributed by atoms with Crippen LogP contribution in [0.2, 0.25) is 0 Å². The minimum absolute atomic E-state index is 0.421. The van der Waals surface area contributed by atoms with Gasteiger partial charge < -0.3 is 10.1 Å². The maximum Gasteiger partial charge on any atom is 0.231 e. The van der Waals surface area contributed by atoms with Crippen molar-refractivity contribution >= 4 is 5.69 Å². The van der Waals surface area contributed by atoms with Crippen molar-refractivity contribution in [3.63, 3.8) is 0 Å². The monoisotopic (exact) mass is 175 g/mol. The van der Waals surface area contributed by atoms with E-state index < -0.39 is 0 Å². The lowest BCUT2D eigenvalue weighted by molar-refractivity contribution is 0.395. The number of hydrogen-bond donors (Lipinski definition) is 1. The number of aromatic nitrogens is 1. The predicted molar refractivity (Wildman–Crippen MR) is 47.7 cm³/mol. The minimum atomic E-state index is 0.421. The van der Waals surface area contributed by atoms with E-state index >= 15 is 0 Å². The number of pyridine rings is 1. The Morgan fingerprint density at radius 2 is 2.54 bits per heavy atom. The first-order valence-electron chi connectivity index (χ1n) is 4.07. The topological polar surface area (TPSA) is 57.9 Å². The number of nitrogens with zero attached hydrogens (tertiary/aromatic N) is 2. The third kappa shape index (κ3) is 1.18. The van der Waals surface area contributed by atoms with E-state index in [1.807, 2.05) is 6.07 Å². The molecule has 2 heterocycles. The van der Waals surface area contributed by atoms with E-state index in [0.29, 0.717) is 11.4 Å². The Labute approximate surface area is 76.2 Å². The third-order valence-corrected chi connectivity index (χ3v) is 2.06. The molecule has 0 saturated carbocycles. The van der Waals surface area contributed by atoms with E-state index in [9.17, 15) is 0 Å². The highest BCUT2D eigenvalue weighted by atomic mass is 16.5. The van der Waals surface area contributed by atoms with Gasteiger partial charge in [-0.15, -0.1) is 0 Å². The predicted octanol–water partition coefficient (Wildman–Crippen LogP) is 0.930. The fraction of sp³-hybridized carbons (Fsp3) is 0.333. The molecule has 1 aliphatic heterocycles. The SMILES string of the molecule is COc1nc2c(cc1C#N)NCC2. The molecule has 4 nitrogen and oxygen atoms in total. The molecule has 0 fully saturated rings. The molecule has 0 aliphatic carbocycles. The van der Waals surface area contributed by atoms with Gasteiger partial charge in [0.1, 0.15) is 11.6 Å². The van der Waals surface area contributed by atoms with Crippen LogP contribution < -0.4 is 10.1 Å². The van der Waals surface area contributed by atoms with Gasteiger partial charge in [-0.1, -0.05) is 0 Å². The number of anilines is 1. The second-order valence-electron chi connectivity index (χ2n) is 2.83. The van der Waals surface area contributed by atoms with Gasteiger partial charge in [0.25, 0.3) is 0 Å². The number of nitrogens with one attached hydrogen (secondary N) is 1. The van der Waals surface area contributed by atoms with Gasteiger partial charge in [0.05, 0.1) is 18.5 Å². The van der Waals surface area contributed by atoms with Crippen molar-refractivity contribution in [1.82, 2.24) is 4.98 Å². The fourth-order valence-corrected chi connectivity index (χ4v) is 1.43. The summed E-state index contributed by atoms with van der Waals surface area (Å²) in [5.41, 5.74) is 2.42. The average molecular weight is 175 g/mol. The zero-order valence-corrected chi connectivity index (χ0v) is 7.29. The molecule has 0 radical (unpaired) electrons. The minimum Gasteiger partial charge on any atom is -0.480 e. The molecule has 66 valence electrons. The van der Waals surface area contributed by atoms with E-state index in [-0.39, 0.29) is 0 Å². The van der Waals surface area contributed by atoms with Gasteiger partial charge in [-0.05, 0) is 6.07 Å². The Morgan fingerprint density at radius 3 is 3.23 bits per heavy atom. The van der Waals surface area contributed by atoms with Crippen LogP contribution in [0.25, 0.3) is 0 Å². The van der Waals surface area contributed by atoms with Crippen molar-refractivity contribution in [2.75, 3.05) is 19.0 Å². The highest BCUT2D eigenvalue weighted by Crippen LogP contribution is 2.26. The molecule has 1 N–H and O–H groups in total. The lowest BCUT2D eigenvalue weighted by Crippen LogP contribution is -1.95. The van der Waals surface area contributed by atoms with Gasteiger partial charge >= 0.3 is 0 Å². The van der Waals surface area contributed by atoms with Crippen molar-refractivity contribution in [1.29, 1.82) is 5.26 Å². The van der Waals surface area contributed by atoms with E-state index in [1.165, 1.54) is 7.11 Å². The van der Waals surface area contributed by atoms with Crippen LogP contribution in [0.3, 0.4) is 0 Å². The Hall–Kier alpha value is -1.76. The molecule has 0 aromatic carbocycles. The number of nitriles is 1. The highest BCUT2D eigenvalue weighted by molar-refractivity contribution is 5.58. The molecule has 1 aliphatic rings. The normalized spacial score (nSPS) is 12.9. The van der Waals surface area contributed by atoms with Gasteiger partial charge in [-0.3, -0.25) is 0 Å². The summed E-state index contributed by atoms with van der Waals surface area (Å²) in [6, 6.07) is 3.83. The summed E-state index contributed by atoms with van der Waals surface area (Å²) in [5, 5.41) is 11.9. The Balaban J connectivity index is 2.55. The number of ether oxygens (including phenoxy) is 1. The summed E-state index contributed by atoms with van der Waals surface area (Å²) in [5.74, 6) is 0.421. The quantitative estimate of drug-likeness (QED) is 0.689. The van der Waals surface area contributed by atoms with E-state index in [1.54, 1.807) is 6.07 Å². The van der Waals surface area contributed by atoms with Crippen LogP contribution in [-0.4, -0.2) is 18.6 Å². The zero-order valence-electron chi connectivity index (χ0n) is 7.29. The van der Waals surface area contributed by atoms with Crippen LogP contribution in [0.15, 0.2) is 6.07 Å². The maximum absolute atomic E-state index is 8.78. The molecule has 4 heteroatoms. The van der Waals surface area contributed by atoms with Gasteiger partial charge in [0, 0.05) is 13.0 Å². The third-order valence-electron chi connectivity index (χ3n) is 2.06. The van der Waals surface area contributed by atoms with Crippen molar-refractivity contribution < 1.29 is 4.74 Å². The van der Waals surface area contributed by atoms with E-state index in [4.69, 9.17) is 10.00 Å². The first-order chi connectivity index (χ1) is 6.35. The van der Waals surface area contributed by atoms with E-state index in [0.717, 1.165) is 24.3 Å². The second-order valence-corrected chi connectivity index (χ2v) is 2.83. The van der Waals surface area contributed by atoms with E-state index in [2.05, 4.69) is 10.3 Å². The molecule has 0 spiro atoms. The van der Waals surface area contributed by atoms with Crippen molar-refractivity contribution in [3.05, 3.63) is 17.3 Å². The summed E-state index contributed by atoms with van der Waals surface area (Å²) >= 11 is 0. The number of methoxy groups -OCH3 is 1. The largest absolute Gasteiger partial charge is 0.480 e. The molecule has 0 bridgehead atoms. The Morgan fingerprint density at radius 1 is 1.69 bits per heavy atom. The van der Waals surface area contributed by atoms with Gasteiger partial charge in [-0.2, -0.15) is 5.26 Å². The van der Waals surface area contributed by atoms with Crippen molar-refractivity contribution in [2.45, 2.75) is 6.42 Å². The number of fused-ring (bicyclic) bond motifs is 1. The average Bonchev–Trinajstić information content (AvgIpc) is 2.62. The first kappa shape index (κ1) is 7.87. The number of rotatable bonds is 1. The van der Waals surface area contributed by atoms with Gasteiger partial charge in [0.15, 0.2) is 0 Å². The summed E-state index contributed by atoms with van der Waals surface area (Å²) in [7, 11) is 1.53. The summed E-state index contributed by atoms with van der Waals surface area (Å²) < 4.78 is 5.00. The summed E-state index contributed by atoms with van der Waals surface area (Å²) in [4.78, 5) is 4.24. The second kappa shape index (κ2) is 2.94. The molecule has 1 aromatic heterocycles. The summed E-state index contributed by atoms with van der Waals surface area (Å²) in [6.45, 7) is 0.889. The molecule has 2 rings (SSSR count). The standard InChI is InChI=1S/C9H9N3O/c1-13-9-6(5-10)4-8-7(12-9)2-3-11-8/h4,11H,2-3H2,1H3. The lowest BCUT2D eigenvalue weighted by Gasteiger charge is -2.04. The summed E-state index contributed by atoms with van der Waals surface area (Å²) in [6.07, 6.45) is 0.900. The highest BCUT2D eigenvalue weighted by Gasteiger charge is 2.15. The maximum atomic E-state index is 8.78. The Kier molecular flexibility index (Phi) is 1.78. The smallest absolute Gasteiger partial charge is 0.231 e. The van der Waals surface area contributed by atoms with Crippen LogP contribution in [0.1, 0.15) is 11.3 Å². The molecule has 13 heavy (non-hydrogen) atoms. The Bertz CT molecular complexity index is 381. The van der Waals surface area contributed by atoms with Gasteiger partial charge in [-0.25, -0.2) is 4.98 Å². The molecule has 0 atom stereocenters. The van der Waals surface area contributed by atoms with Crippen LogP contribution in [0, 0.1) is 11.3 Å². The van der Waals surface area contributed by atoms with Crippen molar-refractivity contribution in [3.8, 4) is 11.9 Å². The van der Waals surface area contributed by atoms with Crippen LogP contribution in [-0.2, 0) is 6.42 Å². The molecule has 0 amide bonds. The molecular formula is C9H9N3O. The van der Waals surface area contributed by atoms with Crippen LogP contribution in [0.5, 0.6) is 5.88 Å². The molecular weight excluding hydrogens is 166 g/mol. The molecule has 1 aromatic rings. The zero-order chi connectivity index (χ0) is 9.26. The molecule has 0 saturated heterocycles. The van der Waals surface area contributed by atoms with Crippen molar-refractivity contribution in [2.24, 2.45) is 0 Å². The van der Waals surface area contributed by atoms with Crippen LogP contribution in [0.4, 0.5) is 5.69 Å².